The molecule has 7 nitrogen and oxygen atoms in total. The van der Waals surface area contributed by atoms with Crippen molar-refractivity contribution in [1.82, 2.24) is 4.98 Å². The van der Waals surface area contributed by atoms with Crippen molar-refractivity contribution in [3.63, 3.8) is 0 Å². The highest BCUT2D eigenvalue weighted by molar-refractivity contribution is 7.18. The fourth-order valence-corrected chi connectivity index (χ4v) is 5.31. The van der Waals surface area contributed by atoms with Crippen molar-refractivity contribution in [2.45, 2.75) is 26.8 Å². The van der Waals surface area contributed by atoms with Crippen LogP contribution in [0.1, 0.15) is 50.0 Å². The molecule has 1 aliphatic heterocycles. The molecular formula is C26H20N2O5S. The Morgan fingerprint density at radius 1 is 1.03 bits per heavy atom. The van der Waals surface area contributed by atoms with Crippen LogP contribution in [0, 0.1) is 19.8 Å². The van der Waals surface area contributed by atoms with E-state index in [0.717, 1.165) is 22.3 Å². The third-order valence-corrected chi connectivity index (χ3v) is 7.24. The molecule has 0 aliphatic carbocycles. The number of carbonyl (C=O) groups excluding carboxylic acids is 4. The van der Waals surface area contributed by atoms with Crippen molar-refractivity contribution in [2.24, 2.45) is 5.92 Å². The minimum Gasteiger partial charge on any atom is -0.453 e. The average Bonchev–Trinajstić information content (AvgIpc) is 3.48. The second kappa shape index (κ2) is 8.14. The summed E-state index contributed by atoms with van der Waals surface area (Å²) in [5, 5.41) is 0.944. The number of benzene rings is 2. The molecule has 2 aromatic carbocycles. The van der Waals surface area contributed by atoms with E-state index >= 15 is 0 Å². The maximum absolute atomic E-state index is 13.6. The number of rotatable bonds is 5. The van der Waals surface area contributed by atoms with Gasteiger partial charge in [0.1, 0.15) is 11.5 Å². The minimum atomic E-state index is -1.30. The van der Waals surface area contributed by atoms with E-state index in [9.17, 15) is 19.2 Å². The highest BCUT2D eigenvalue weighted by atomic mass is 32.1. The number of amides is 1. The molecule has 5 rings (SSSR count). The quantitative estimate of drug-likeness (QED) is 0.234. The van der Waals surface area contributed by atoms with Crippen LogP contribution in [0.25, 0.3) is 11.0 Å². The number of Topliss-reactive ketones (excluding diaryl/α,β-unsaturated/α-hetero) is 3. The Morgan fingerprint density at radius 3 is 2.38 bits per heavy atom. The summed E-state index contributed by atoms with van der Waals surface area (Å²) in [6.07, 6.45) is 0. The van der Waals surface area contributed by atoms with Crippen molar-refractivity contribution < 1.29 is 23.6 Å². The van der Waals surface area contributed by atoms with E-state index in [0.29, 0.717) is 21.7 Å². The number of carbonyl (C=O) groups is 4. The molecule has 0 saturated carbocycles. The normalized spacial score (nSPS) is 18.1. The first kappa shape index (κ1) is 21.9. The van der Waals surface area contributed by atoms with Crippen LogP contribution in [0.3, 0.4) is 0 Å². The van der Waals surface area contributed by atoms with Crippen LogP contribution in [0.5, 0.6) is 0 Å². The topological polar surface area (TPSA) is 97.6 Å². The maximum atomic E-state index is 13.6. The summed E-state index contributed by atoms with van der Waals surface area (Å²) in [7, 11) is 0. The number of para-hydroxylation sites is 1. The zero-order valence-corrected chi connectivity index (χ0v) is 19.5. The van der Waals surface area contributed by atoms with Gasteiger partial charge in [0.05, 0.1) is 16.6 Å². The Hall–Kier alpha value is -3.91. The van der Waals surface area contributed by atoms with Gasteiger partial charge in [-0.15, -0.1) is 0 Å². The monoisotopic (exact) mass is 472 g/mol. The van der Waals surface area contributed by atoms with Gasteiger partial charge in [-0.05, 0) is 31.5 Å². The second-order valence-corrected chi connectivity index (χ2v) is 9.33. The second-order valence-electron chi connectivity index (χ2n) is 8.35. The summed E-state index contributed by atoms with van der Waals surface area (Å²) in [6.45, 7) is 5.02. The zero-order chi connectivity index (χ0) is 24.1. The van der Waals surface area contributed by atoms with Crippen LogP contribution < -0.4 is 4.90 Å². The fraction of sp³-hybridized carbons (Fsp3) is 0.192. The van der Waals surface area contributed by atoms with Gasteiger partial charge in [-0.25, -0.2) is 4.98 Å². The number of aryl methyl sites for hydroxylation is 2. The molecule has 1 amide bonds. The maximum Gasteiger partial charge on any atom is 0.297 e. The Morgan fingerprint density at radius 2 is 1.74 bits per heavy atom. The third-order valence-electron chi connectivity index (χ3n) is 5.99. The van der Waals surface area contributed by atoms with E-state index < -0.39 is 29.4 Å². The van der Waals surface area contributed by atoms with E-state index in [1.165, 1.54) is 11.8 Å². The zero-order valence-electron chi connectivity index (χ0n) is 18.7. The minimum absolute atomic E-state index is 0.0195. The van der Waals surface area contributed by atoms with Crippen LogP contribution in [0.2, 0.25) is 0 Å². The lowest BCUT2D eigenvalue weighted by molar-refractivity contribution is -0.135. The van der Waals surface area contributed by atoms with Crippen molar-refractivity contribution >= 4 is 50.7 Å². The summed E-state index contributed by atoms with van der Waals surface area (Å²) in [5.41, 5.74) is 2.61. The lowest BCUT2D eigenvalue weighted by atomic mass is 9.88. The summed E-state index contributed by atoms with van der Waals surface area (Å²) >= 11 is 1.04. The smallest absolute Gasteiger partial charge is 0.297 e. The van der Waals surface area contributed by atoms with E-state index in [-0.39, 0.29) is 16.7 Å². The Balaban J connectivity index is 1.65. The number of aromatic nitrogens is 1. The molecule has 0 bridgehead atoms. The number of nitrogens with zero attached hydrogens (tertiary/aromatic N) is 2. The Labute approximate surface area is 199 Å². The van der Waals surface area contributed by atoms with Crippen LogP contribution >= 0.6 is 11.3 Å². The highest BCUT2D eigenvalue weighted by Crippen LogP contribution is 2.43. The van der Waals surface area contributed by atoms with Gasteiger partial charge in [0, 0.05) is 12.3 Å². The van der Waals surface area contributed by atoms with E-state index in [2.05, 4.69) is 4.98 Å². The van der Waals surface area contributed by atoms with Gasteiger partial charge in [0.2, 0.25) is 11.6 Å². The van der Waals surface area contributed by atoms with Crippen LogP contribution in [-0.4, -0.2) is 28.2 Å². The number of thiazole rings is 1. The molecule has 34 heavy (non-hydrogen) atoms. The number of ketones is 3. The van der Waals surface area contributed by atoms with Crippen LogP contribution in [0.15, 0.2) is 59.0 Å². The van der Waals surface area contributed by atoms with Crippen molar-refractivity contribution in [3.05, 3.63) is 82.1 Å². The molecule has 0 spiro atoms. The lowest BCUT2D eigenvalue weighted by Gasteiger charge is -2.24. The van der Waals surface area contributed by atoms with E-state index in [4.69, 9.17) is 4.42 Å². The fourth-order valence-electron chi connectivity index (χ4n) is 4.31. The summed E-state index contributed by atoms with van der Waals surface area (Å²) in [4.78, 5) is 58.2. The van der Waals surface area contributed by atoms with Crippen molar-refractivity contribution in [2.75, 3.05) is 4.90 Å². The molecule has 1 aliphatic rings. The summed E-state index contributed by atoms with van der Waals surface area (Å²) < 4.78 is 5.74. The first-order valence-corrected chi connectivity index (χ1v) is 11.5. The Bertz CT molecular complexity index is 1450. The lowest BCUT2D eigenvalue weighted by Crippen LogP contribution is -2.30. The molecular weight excluding hydrogens is 452 g/mol. The number of anilines is 1. The average molecular weight is 473 g/mol. The van der Waals surface area contributed by atoms with Crippen LogP contribution in [0.4, 0.5) is 5.13 Å². The first-order valence-electron chi connectivity index (χ1n) is 10.7. The Kier molecular flexibility index (Phi) is 5.25. The predicted molar refractivity (Wildman–Crippen MR) is 127 cm³/mol. The molecule has 1 fully saturated rings. The summed E-state index contributed by atoms with van der Waals surface area (Å²) in [6, 6.07) is 15.1. The number of hydrogen-bond acceptors (Lipinski definition) is 7. The first-order chi connectivity index (χ1) is 16.3. The van der Waals surface area contributed by atoms with Gasteiger partial charge >= 0.3 is 0 Å². The van der Waals surface area contributed by atoms with Crippen molar-refractivity contribution in [3.8, 4) is 0 Å². The molecule has 3 heterocycles. The highest BCUT2D eigenvalue weighted by Gasteiger charge is 2.54. The number of furan rings is 1. The van der Waals surface area contributed by atoms with Gasteiger partial charge in [-0.1, -0.05) is 59.4 Å². The molecule has 1 saturated heterocycles. The largest absolute Gasteiger partial charge is 0.453 e. The molecule has 8 heteroatoms. The molecule has 4 aromatic rings. The standard InChI is InChI=1S/C26H20N2O5S/c1-13-8-10-16(11-9-13)21-20(22(30)19-12-17-6-4-5-7-18(17)33-19)23(31)25(32)28(21)26-27-14(2)24(34-26)15(3)29/h4-12,20-21H,1-3H3. The molecule has 0 N–H and O–H groups in total. The summed E-state index contributed by atoms with van der Waals surface area (Å²) in [5.74, 6) is -3.69. The van der Waals surface area contributed by atoms with Gasteiger partial charge in [0.25, 0.3) is 5.91 Å². The SMILES string of the molecule is CC(=O)c1sc(N2C(=O)C(=O)C(C(=O)c3cc4ccccc4o3)C2c2ccc(C)cc2)nc1C. The van der Waals surface area contributed by atoms with Gasteiger partial charge in [0.15, 0.2) is 16.7 Å². The molecule has 2 atom stereocenters. The van der Waals surface area contributed by atoms with Gasteiger partial charge in [-0.3, -0.25) is 24.1 Å². The number of hydrogen-bond donors (Lipinski definition) is 0. The molecule has 2 aromatic heterocycles. The predicted octanol–water partition coefficient (Wildman–Crippen LogP) is 4.86. The third kappa shape index (κ3) is 3.47. The molecule has 2 unspecified atom stereocenters. The van der Waals surface area contributed by atoms with E-state index in [1.54, 1.807) is 37.3 Å². The van der Waals surface area contributed by atoms with Crippen LogP contribution in [-0.2, 0) is 9.59 Å². The van der Waals surface area contributed by atoms with Gasteiger partial charge < -0.3 is 4.42 Å². The molecule has 0 radical (unpaired) electrons. The molecule has 170 valence electrons. The van der Waals surface area contributed by atoms with Gasteiger partial charge in [-0.2, -0.15) is 0 Å². The van der Waals surface area contributed by atoms with Crippen molar-refractivity contribution in [1.29, 1.82) is 0 Å². The number of fused-ring (bicyclic) bond motifs is 1. The van der Waals surface area contributed by atoms with E-state index in [1.807, 2.05) is 31.2 Å².